The van der Waals surface area contributed by atoms with Crippen molar-refractivity contribution in [3.8, 4) is 5.75 Å². The molecule has 2 rings (SSSR count). The van der Waals surface area contributed by atoms with Crippen LogP contribution in [-0.4, -0.2) is 19.4 Å². The second-order valence-corrected chi connectivity index (χ2v) is 4.77. The van der Waals surface area contributed by atoms with Crippen LogP contribution in [0.25, 0.3) is 0 Å². The van der Waals surface area contributed by atoms with Crippen molar-refractivity contribution < 1.29 is 9.53 Å². The zero-order valence-electron chi connectivity index (χ0n) is 11.8. The van der Waals surface area contributed by atoms with Gasteiger partial charge >= 0.3 is 0 Å². The number of hydrogen-bond donors (Lipinski definition) is 1. The van der Waals surface area contributed by atoms with Crippen molar-refractivity contribution in [3.63, 3.8) is 0 Å². The van der Waals surface area contributed by atoms with E-state index in [0.29, 0.717) is 23.4 Å². The fraction of sp³-hybridized carbons (Fsp3) is 0.235. The third-order valence-electron chi connectivity index (χ3n) is 3.25. The van der Waals surface area contributed by atoms with E-state index in [2.05, 4.69) is 0 Å². The number of rotatable bonds is 5. The molecule has 0 aliphatic rings. The summed E-state index contributed by atoms with van der Waals surface area (Å²) < 4.78 is 5.27. The second kappa shape index (κ2) is 6.35. The van der Waals surface area contributed by atoms with E-state index in [4.69, 9.17) is 10.5 Å². The maximum Gasteiger partial charge on any atom is 0.196 e. The van der Waals surface area contributed by atoms with E-state index in [1.165, 1.54) is 0 Å². The van der Waals surface area contributed by atoms with Gasteiger partial charge in [0.15, 0.2) is 5.78 Å². The van der Waals surface area contributed by atoms with Gasteiger partial charge in [-0.1, -0.05) is 35.9 Å². The van der Waals surface area contributed by atoms with E-state index in [0.717, 1.165) is 17.5 Å². The van der Waals surface area contributed by atoms with Crippen LogP contribution in [0.3, 0.4) is 0 Å². The average Bonchev–Trinajstić information content (AvgIpc) is 2.47. The van der Waals surface area contributed by atoms with Gasteiger partial charge in [0.1, 0.15) is 5.75 Å². The standard InChI is InChI=1S/C17H19NO2/c1-12-3-8-16(20-2)15(11-12)17(19)14-6-4-13(5-7-14)9-10-18/h3-8,11H,9-10,18H2,1-2H3. The Morgan fingerprint density at radius 2 is 1.85 bits per heavy atom. The Labute approximate surface area is 119 Å². The van der Waals surface area contributed by atoms with Crippen molar-refractivity contribution in [2.75, 3.05) is 13.7 Å². The van der Waals surface area contributed by atoms with Gasteiger partial charge in [0.25, 0.3) is 0 Å². The van der Waals surface area contributed by atoms with Crippen LogP contribution in [-0.2, 0) is 6.42 Å². The van der Waals surface area contributed by atoms with Crippen LogP contribution in [0.4, 0.5) is 0 Å². The zero-order chi connectivity index (χ0) is 14.5. The molecular formula is C17H19NO2. The number of aryl methyl sites for hydroxylation is 1. The zero-order valence-corrected chi connectivity index (χ0v) is 11.8. The predicted octanol–water partition coefficient (Wildman–Crippen LogP) is 2.74. The summed E-state index contributed by atoms with van der Waals surface area (Å²) in [6, 6.07) is 13.2. The molecule has 0 heterocycles. The Morgan fingerprint density at radius 1 is 1.15 bits per heavy atom. The quantitative estimate of drug-likeness (QED) is 0.849. The number of hydrogen-bond acceptors (Lipinski definition) is 3. The molecule has 0 saturated heterocycles. The molecule has 0 atom stereocenters. The van der Waals surface area contributed by atoms with E-state index < -0.39 is 0 Å². The van der Waals surface area contributed by atoms with Crippen LogP contribution in [0.2, 0.25) is 0 Å². The van der Waals surface area contributed by atoms with E-state index in [9.17, 15) is 4.79 Å². The van der Waals surface area contributed by atoms with Crippen LogP contribution in [0.15, 0.2) is 42.5 Å². The number of methoxy groups -OCH3 is 1. The predicted molar refractivity (Wildman–Crippen MR) is 80.4 cm³/mol. The van der Waals surface area contributed by atoms with Crippen LogP contribution in [0.5, 0.6) is 5.75 Å². The van der Waals surface area contributed by atoms with Gasteiger partial charge in [0.2, 0.25) is 0 Å². The fourth-order valence-corrected chi connectivity index (χ4v) is 2.14. The van der Waals surface area contributed by atoms with Crippen LogP contribution in [0, 0.1) is 6.92 Å². The lowest BCUT2D eigenvalue weighted by atomic mass is 9.99. The SMILES string of the molecule is COc1ccc(C)cc1C(=O)c1ccc(CCN)cc1. The number of ether oxygens (including phenoxy) is 1. The maximum atomic E-state index is 12.5. The molecule has 0 saturated carbocycles. The smallest absolute Gasteiger partial charge is 0.196 e. The van der Waals surface area contributed by atoms with Crippen molar-refractivity contribution in [3.05, 3.63) is 64.7 Å². The molecule has 2 N–H and O–H groups in total. The largest absolute Gasteiger partial charge is 0.496 e. The Bertz CT molecular complexity index is 603. The molecule has 0 radical (unpaired) electrons. The van der Waals surface area contributed by atoms with Crippen LogP contribution < -0.4 is 10.5 Å². The first kappa shape index (κ1) is 14.3. The number of carbonyl (C=O) groups excluding carboxylic acids is 1. The lowest BCUT2D eigenvalue weighted by Crippen LogP contribution is -2.06. The highest BCUT2D eigenvalue weighted by atomic mass is 16.5. The van der Waals surface area contributed by atoms with Gasteiger partial charge in [0.05, 0.1) is 12.7 Å². The molecule has 0 bridgehead atoms. The van der Waals surface area contributed by atoms with Gasteiger partial charge in [-0.2, -0.15) is 0 Å². The number of nitrogens with two attached hydrogens (primary N) is 1. The Balaban J connectivity index is 2.33. The van der Waals surface area contributed by atoms with Gasteiger partial charge < -0.3 is 10.5 Å². The summed E-state index contributed by atoms with van der Waals surface area (Å²) >= 11 is 0. The van der Waals surface area contributed by atoms with E-state index in [1.54, 1.807) is 7.11 Å². The first-order chi connectivity index (χ1) is 9.65. The van der Waals surface area contributed by atoms with Gasteiger partial charge in [-0.3, -0.25) is 4.79 Å². The molecule has 0 aromatic heterocycles. The molecule has 2 aromatic rings. The maximum absolute atomic E-state index is 12.5. The molecule has 3 heteroatoms. The minimum atomic E-state index is -0.0233. The summed E-state index contributed by atoms with van der Waals surface area (Å²) in [7, 11) is 1.58. The highest BCUT2D eigenvalue weighted by molar-refractivity contribution is 6.10. The fourth-order valence-electron chi connectivity index (χ4n) is 2.14. The molecule has 2 aromatic carbocycles. The van der Waals surface area contributed by atoms with Gasteiger partial charge in [-0.05, 0) is 37.6 Å². The molecule has 104 valence electrons. The summed E-state index contributed by atoms with van der Waals surface area (Å²) in [6.45, 7) is 2.57. The Morgan fingerprint density at radius 3 is 2.45 bits per heavy atom. The minimum Gasteiger partial charge on any atom is -0.496 e. The summed E-state index contributed by atoms with van der Waals surface area (Å²) in [4.78, 5) is 12.5. The lowest BCUT2D eigenvalue weighted by molar-refractivity contribution is 0.103. The first-order valence-electron chi connectivity index (χ1n) is 6.64. The number of ketones is 1. The Hall–Kier alpha value is -2.13. The van der Waals surface area contributed by atoms with Crippen molar-refractivity contribution in [1.29, 1.82) is 0 Å². The summed E-state index contributed by atoms with van der Waals surface area (Å²) in [5.74, 6) is 0.580. The third-order valence-corrected chi connectivity index (χ3v) is 3.25. The first-order valence-corrected chi connectivity index (χ1v) is 6.64. The molecule has 0 aliphatic carbocycles. The van der Waals surface area contributed by atoms with Crippen LogP contribution >= 0.6 is 0 Å². The van der Waals surface area contributed by atoms with Gasteiger partial charge in [-0.25, -0.2) is 0 Å². The number of benzene rings is 2. The average molecular weight is 269 g/mol. The summed E-state index contributed by atoms with van der Waals surface area (Å²) in [5.41, 5.74) is 8.95. The van der Waals surface area contributed by atoms with Crippen molar-refractivity contribution in [1.82, 2.24) is 0 Å². The lowest BCUT2D eigenvalue weighted by Gasteiger charge is -2.09. The van der Waals surface area contributed by atoms with E-state index in [-0.39, 0.29) is 5.78 Å². The van der Waals surface area contributed by atoms with Crippen molar-refractivity contribution >= 4 is 5.78 Å². The molecule has 3 nitrogen and oxygen atoms in total. The van der Waals surface area contributed by atoms with E-state index in [1.807, 2.05) is 49.4 Å². The summed E-state index contributed by atoms with van der Waals surface area (Å²) in [5, 5.41) is 0. The van der Waals surface area contributed by atoms with Gasteiger partial charge in [-0.15, -0.1) is 0 Å². The molecule has 0 spiro atoms. The molecule has 0 amide bonds. The minimum absolute atomic E-state index is 0.0233. The second-order valence-electron chi connectivity index (χ2n) is 4.77. The molecule has 0 fully saturated rings. The van der Waals surface area contributed by atoms with Crippen LogP contribution in [0.1, 0.15) is 27.0 Å². The third kappa shape index (κ3) is 3.06. The normalized spacial score (nSPS) is 10.3. The Kier molecular flexibility index (Phi) is 4.53. The molecular weight excluding hydrogens is 250 g/mol. The topological polar surface area (TPSA) is 52.3 Å². The summed E-state index contributed by atoms with van der Waals surface area (Å²) in [6.07, 6.45) is 0.822. The molecule has 0 aliphatic heterocycles. The van der Waals surface area contributed by atoms with Crippen molar-refractivity contribution in [2.45, 2.75) is 13.3 Å². The van der Waals surface area contributed by atoms with E-state index >= 15 is 0 Å². The highest BCUT2D eigenvalue weighted by Gasteiger charge is 2.14. The number of carbonyl (C=O) groups is 1. The molecule has 20 heavy (non-hydrogen) atoms. The molecule has 0 unspecified atom stereocenters. The monoisotopic (exact) mass is 269 g/mol. The van der Waals surface area contributed by atoms with Crippen molar-refractivity contribution in [2.24, 2.45) is 5.73 Å². The highest BCUT2D eigenvalue weighted by Crippen LogP contribution is 2.23. The van der Waals surface area contributed by atoms with Gasteiger partial charge in [0, 0.05) is 5.56 Å².